The maximum absolute atomic E-state index is 13.4. The fourth-order valence-electron chi connectivity index (χ4n) is 3.20. The number of halogens is 1. The SMILES string of the molecule is O=C(NCc1noc2ccc(F)cc12)C(=O)Nc1ccc(N2CCNCC2)cc1. The molecule has 2 heterocycles. The molecule has 0 radical (unpaired) electrons. The van der Waals surface area contributed by atoms with Crippen LogP contribution >= 0.6 is 0 Å². The van der Waals surface area contributed by atoms with E-state index in [1.165, 1.54) is 18.2 Å². The lowest BCUT2D eigenvalue weighted by Gasteiger charge is -2.29. The summed E-state index contributed by atoms with van der Waals surface area (Å²) in [4.78, 5) is 26.5. The predicted molar refractivity (Wildman–Crippen MR) is 106 cm³/mol. The van der Waals surface area contributed by atoms with Crippen LogP contribution in [0.15, 0.2) is 47.0 Å². The van der Waals surface area contributed by atoms with E-state index in [1.54, 1.807) is 12.1 Å². The first kappa shape index (κ1) is 18.9. The average Bonchev–Trinajstić information content (AvgIpc) is 3.15. The Morgan fingerprint density at radius 1 is 1.10 bits per heavy atom. The lowest BCUT2D eigenvalue weighted by atomic mass is 10.2. The molecule has 3 N–H and O–H groups in total. The third-order valence-corrected chi connectivity index (χ3v) is 4.74. The molecule has 3 aromatic rings. The first-order valence-corrected chi connectivity index (χ1v) is 9.29. The number of anilines is 2. The molecule has 1 aliphatic rings. The molecule has 2 amide bonds. The van der Waals surface area contributed by atoms with E-state index in [1.807, 2.05) is 12.1 Å². The van der Waals surface area contributed by atoms with Crippen molar-refractivity contribution in [3.05, 3.63) is 54.0 Å². The lowest BCUT2D eigenvalue weighted by molar-refractivity contribution is -0.136. The number of nitrogens with one attached hydrogen (secondary N) is 3. The highest BCUT2D eigenvalue weighted by Crippen LogP contribution is 2.20. The molecule has 1 aromatic heterocycles. The van der Waals surface area contributed by atoms with Gasteiger partial charge in [0.1, 0.15) is 11.5 Å². The first-order chi connectivity index (χ1) is 14.1. The Bertz CT molecular complexity index is 1030. The molecule has 0 aliphatic carbocycles. The van der Waals surface area contributed by atoms with E-state index in [0.717, 1.165) is 31.9 Å². The number of hydrogen-bond donors (Lipinski definition) is 3. The standard InChI is InChI=1S/C20H20FN5O3/c21-13-1-6-18-16(11-13)17(25-29-18)12-23-19(27)20(28)24-14-2-4-15(5-3-14)26-9-7-22-8-10-26/h1-6,11,22H,7-10,12H2,(H,23,27)(H,24,28). The quantitative estimate of drug-likeness (QED) is 0.579. The van der Waals surface area contributed by atoms with E-state index in [0.29, 0.717) is 22.4 Å². The number of nitrogens with zero attached hydrogens (tertiary/aromatic N) is 2. The summed E-state index contributed by atoms with van der Waals surface area (Å²) in [5.41, 5.74) is 2.35. The van der Waals surface area contributed by atoms with Crippen molar-refractivity contribution >= 4 is 34.2 Å². The summed E-state index contributed by atoms with van der Waals surface area (Å²) in [7, 11) is 0. The number of carbonyl (C=O) groups excluding carboxylic acids is 2. The Balaban J connectivity index is 1.33. The van der Waals surface area contributed by atoms with Crippen molar-refractivity contribution in [3.63, 3.8) is 0 Å². The summed E-state index contributed by atoms with van der Waals surface area (Å²) in [5, 5.41) is 12.6. The van der Waals surface area contributed by atoms with Gasteiger partial charge in [0, 0.05) is 42.9 Å². The van der Waals surface area contributed by atoms with E-state index in [-0.39, 0.29) is 6.54 Å². The lowest BCUT2D eigenvalue weighted by Crippen LogP contribution is -2.43. The molecule has 0 atom stereocenters. The fraction of sp³-hybridized carbons (Fsp3) is 0.250. The van der Waals surface area contributed by atoms with E-state index in [2.05, 4.69) is 26.0 Å². The molecule has 8 nitrogen and oxygen atoms in total. The van der Waals surface area contributed by atoms with E-state index < -0.39 is 17.6 Å². The highest BCUT2D eigenvalue weighted by molar-refractivity contribution is 6.39. The van der Waals surface area contributed by atoms with E-state index in [9.17, 15) is 14.0 Å². The Morgan fingerprint density at radius 2 is 1.86 bits per heavy atom. The maximum Gasteiger partial charge on any atom is 0.313 e. The summed E-state index contributed by atoms with van der Waals surface area (Å²) in [5.74, 6) is -2.04. The molecular formula is C20H20FN5O3. The van der Waals surface area contributed by atoms with Gasteiger partial charge in [-0.25, -0.2) is 4.39 Å². The number of benzene rings is 2. The summed E-state index contributed by atoms with van der Waals surface area (Å²) in [6.07, 6.45) is 0. The van der Waals surface area contributed by atoms with Gasteiger partial charge in [0.05, 0.1) is 6.54 Å². The molecule has 2 aromatic carbocycles. The van der Waals surface area contributed by atoms with Gasteiger partial charge < -0.3 is 25.4 Å². The minimum absolute atomic E-state index is 0.0510. The molecular weight excluding hydrogens is 377 g/mol. The summed E-state index contributed by atoms with van der Waals surface area (Å²) in [6, 6.07) is 11.3. The third kappa shape index (κ3) is 4.35. The summed E-state index contributed by atoms with van der Waals surface area (Å²) < 4.78 is 18.5. The number of piperazine rings is 1. The normalized spacial score (nSPS) is 14.0. The zero-order valence-corrected chi connectivity index (χ0v) is 15.6. The van der Waals surface area contributed by atoms with Crippen LogP contribution in [-0.4, -0.2) is 43.2 Å². The summed E-state index contributed by atoms with van der Waals surface area (Å²) >= 11 is 0. The number of amides is 2. The Kier molecular flexibility index (Phi) is 5.39. The van der Waals surface area contributed by atoms with Crippen molar-refractivity contribution in [2.24, 2.45) is 0 Å². The van der Waals surface area contributed by atoms with Crippen molar-refractivity contribution in [1.82, 2.24) is 15.8 Å². The molecule has 0 saturated carbocycles. The summed E-state index contributed by atoms with van der Waals surface area (Å²) in [6.45, 7) is 3.67. The van der Waals surface area contributed by atoms with Crippen LogP contribution in [0.1, 0.15) is 5.69 Å². The molecule has 4 rings (SSSR count). The Morgan fingerprint density at radius 3 is 2.62 bits per heavy atom. The second-order valence-electron chi connectivity index (χ2n) is 6.69. The number of fused-ring (bicyclic) bond motifs is 1. The zero-order chi connectivity index (χ0) is 20.2. The van der Waals surface area contributed by atoms with Gasteiger partial charge in [0.25, 0.3) is 0 Å². The molecule has 0 bridgehead atoms. The van der Waals surface area contributed by atoms with Crippen LogP contribution in [0.2, 0.25) is 0 Å². The second-order valence-corrected chi connectivity index (χ2v) is 6.69. The molecule has 1 saturated heterocycles. The van der Waals surface area contributed by atoms with Crippen molar-refractivity contribution in [2.75, 3.05) is 36.4 Å². The molecule has 9 heteroatoms. The first-order valence-electron chi connectivity index (χ1n) is 9.29. The predicted octanol–water partition coefficient (Wildman–Crippen LogP) is 1.63. The van der Waals surface area contributed by atoms with Crippen molar-refractivity contribution in [1.29, 1.82) is 0 Å². The van der Waals surface area contributed by atoms with Crippen LogP contribution in [0.5, 0.6) is 0 Å². The van der Waals surface area contributed by atoms with Gasteiger partial charge in [-0.15, -0.1) is 0 Å². The van der Waals surface area contributed by atoms with Crippen LogP contribution in [0.25, 0.3) is 11.0 Å². The smallest absolute Gasteiger partial charge is 0.313 e. The van der Waals surface area contributed by atoms with Gasteiger partial charge in [-0.1, -0.05) is 5.16 Å². The topological polar surface area (TPSA) is 99.5 Å². The molecule has 0 unspecified atom stereocenters. The van der Waals surface area contributed by atoms with Crippen molar-refractivity contribution in [3.8, 4) is 0 Å². The third-order valence-electron chi connectivity index (χ3n) is 4.74. The van der Waals surface area contributed by atoms with E-state index in [4.69, 9.17) is 4.52 Å². The highest BCUT2D eigenvalue weighted by Gasteiger charge is 2.16. The molecule has 1 aliphatic heterocycles. The fourth-order valence-corrected chi connectivity index (χ4v) is 3.20. The molecule has 1 fully saturated rings. The molecule has 150 valence electrons. The van der Waals surface area contributed by atoms with Crippen LogP contribution in [0, 0.1) is 5.82 Å². The molecule has 29 heavy (non-hydrogen) atoms. The Labute approximate surface area is 166 Å². The highest BCUT2D eigenvalue weighted by atomic mass is 19.1. The van der Waals surface area contributed by atoms with Crippen LogP contribution in [0.3, 0.4) is 0 Å². The largest absolute Gasteiger partial charge is 0.369 e. The van der Waals surface area contributed by atoms with Gasteiger partial charge in [-0.05, 0) is 42.5 Å². The monoisotopic (exact) mass is 397 g/mol. The average molecular weight is 397 g/mol. The van der Waals surface area contributed by atoms with Crippen molar-refractivity contribution < 1.29 is 18.5 Å². The van der Waals surface area contributed by atoms with Crippen LogP contribution < -0.4 is 20.9 Å². The Hall–Kier alpha value is -3.46. The van der Waals surface area contributed by atoms with E-state index >= 15 is 0 Å². The van der Waals surface area contributed by atoms with Crippen LogP contribution in [0.4, 0.5) is 15.8 Å². The minimum Gasteiger partial charge on any atom is -0.369 e. The molecule has 0 spiro atoms. The van der Waals surface area contributed by atoms with Gasteiger partial charge in [0.2, 0.25) is 0 Å². The number of aromatic nitrogens is 1. The number of hydrogen-bond acceptors (Lipinski definition) is 6. The van der Waals surface area contributed by atoms with Gasteiger partial charge in [-0.2, -0.15) is 0 Å². The zero-order valence-electron chi connectivity index (χ0n) is 15.6. The van der Waals surface area contributed by atoms with Gasteiger partial charge >= 0.3 is 11.8 Å². The van der Waals surface area contributed by atoms with Crippen LogP contribution in [-0.2, 0) is 16.1 Å². The van der Waals surface area contributed by atoms with Gasteiger partial charge in [0.15, 0.2) is 5.58 Å². The second kappa shape index (κ2) is 8.27. The van der Waals surface area contributed by atoms with Gasteiger partial charge in [-0.3, -0.25) is 9.59 Å². The number of carbonyl (C=O) groups is 2. The minimum atomic E-state index is -0.816. The number of rotatable bonds is 4. The van der Waals surface area contributed by atoms with Crippen molar-refractivity contribution in [2.45, 2.75) is 6.54 Å². The maximum atomic E-state index is 13.4.